The second-order valence-electron chi connectivity index (χ2n) is 4.13. The molecule has 0 amide bonds. The molecule has 1 fully saturated rings. The van der Waals surface area contributed by atoms with Gasteiger partial charge in [-0.2, -0.15) is 0 Å². The Morgan fingerprint density at radius 1 is 1.41 bits per heavy atom. The zero-order valence-corrected chi connectivity index (χ0v) is 11.3. The highest BCUT2D eigenvalue weighted by atomic mass is 35.5. The second-order valence-corrected chi connectivity index (χ2v) is 5.84. The molecule has 1 aliphatic heterocycles. The van der Waals surface area contributed by atoms with E-state index >= 15 is 0 Å². The van der Waals surface area contributed by atoms with Crippen molar-refractivity contribution in [1.29, 1.82) is 0 Å². The molecule has 17 heavy (non-hydrogen) atoms. The molecule has 1 heterocycles. The fraction of sp³-hybridized carbons (Fsp3) is 0.455. The normalized spacial score (nSPS) is 19.9. The topological polar surface area (TPSA) is 58.2 Å². The molecule has 2 rings (SSSR count). The first kappa shape index (κ1) is 14.4. The van der Waals surface area contributed by atoms with Crippen LogP contribution >= 0.6 is 12.4 Å². The Bertz CT molecular complexity index is 470. The summed E-state index contributed by atoms with van der Waals surface area (Å²) in [5.74, 6) is 0. The molecule has 1 atom stereocenters. The highest BCUT2D eigenvalue weighted by Crippen LogP contribution is 2.12. The molecule has 0 saturated carbocycles. The summed E-state index contributed by atoms with van der Waals surface area (Å²) < 4.78 is 26.7. The van der Waals surface area contributed by atoms with Crippen molar-refractivity contribution in [2.24, 2.45) is 0 Å². The summed E-state index contributed by atoms with van der Waals surface area (Å²) in [6, 6.07) is 6.97. The fourth-order valence-corrected chi connectivity index (χ4v) is 3.20. The lowest BCUT2D eigenvalue weighted by Crippen LogP contribution is -2.36. The maximum atomic E-state index is 12.0. The van der Waals surface area contributed by atoms with Gasteiger partial charge in [0.1, 0.15) is 0 Å². The lowest BCUT2D eigenvalue weighted by atomic mass is 10.2. The van der Waals surface area contributed by atoms with E-state index in [1.165, 1.54) is 0 Å². The molecule has 1 aromatic carbocycles. The van der Waals surface area contributed by atoms with Crippen molar-refractivity contribution in [3.63, 3.8) is 0 Å². The molecule has 0 aliphatic carbocycles. The third-order valence-electron chi connectivity index (χ3n) is 2.68. The van der Waals surface area contributed by atoms with Crippen LogP contribution in [0.1, 0.15) is 12.0 Å². The van der Waals surface area contributed by atoms with Crippen LogP contribution in [0.2, 0.25) is 0 Å². The van der Waals surface area contributed by atoms with Crippen LogP contribution in [0, 0.1) is 6.92 Å². The average Bonchev–Trinajstić information content (AvgIpc) is 2.70. The number of halogens is 1. The molecule has 1 aromatic rings. The summed E-state index contributed by atoms with van der Waals surface area (Å²) in [6.45, 7) is 3.47. The average molecular weight is 277 g/mol. The largest absolute Gasteiger partial charge is 0.315 e. The Hall–Kier alpha value is -0.620. The van der Waals surface area contributed by atoms with Gasteiger partial charge in [-0.05, 0) is 37.6 Å². The number of aryl methyl sites for hydroxylation is 1. The van der Waals surface area contributed by atoms with Crippen LogP contribution in [0.4, 0.5) is 0 Å². The minimum absolute atomic E-state index is 0. The molecule has 0 bridgehead atoms. The van der Waals surface area contributed by atoms with Gasteiger partial charge < -0.3 is 5.32 Å². The maximum absolute atomic E-state index is 12.0. The van der Waals surface area contributed by atoms with Crippen molar-refractivity contribution >= 4 is 22.4 Å². The molecule has 0 spiro atoms. The molecule has 0 radical (unpaired) electrons. The monoisotopic (exact) mass is 276 g/mol. The maximum Gasteiger partial charge on any atom is 0.240 e. The van der Waals surface area contributed by atoms with E-state index in [1.54, 1.807) is 18.2 Å². The summed E-state index contributed by atoms with van der Waals surface area (Å²) in [5, 5.41) is 3.13. The van der Waals surface area contributed by atoms with Crippen LogP contribution in [-0.4, -0.2) is 27.5 Å². The van der Waals surface area contributed by atoms with Gasteiger partial charge in [0.15, 0.2) is 0 Å². The summed E-state index contributed by atoms with van der Waals surface area (Å²) in [7, 11) is -3.36. The van der Waals surface area contributed by atoms with Gasteiger partial charge in [0.05, 0.1) is 4.90 Å². The molecule has 6 heteroatoms. The molecular formula is C11H17ClN2O2S. The van der Waals surface area contributed by atoms with Crippen molar-refractivity contribution in [2.45, 2.75) is 24.3 Å². The quantitative estimate of drug-likeness (QED) is 0.868. The highest BCUT2D eigenvalue weighted by Gasteiger charge is 2.22. The Morgan fingerprint density at radius 3 is 2.76 bits per heavy atom. The van der Waals surface area contributed by atoms with Gasteiger partial charge in [0.25, 0.3) is 0 Å². The van der Waals surface area contributed by atoms with E-state index < -0.39 is 10.0 Å². The van der Waals surface area contributed by atoms with E-state index in [0.717, 1.165) is 18.5 Å². The standard InChI is InChI=1S/C11H16N2O2S.ClH/c1-9-3-2-4-11(7-9)16(14,15)13-10-5-6-12-8-10;/h2-4,7,10,12-13H,5-6,8H2,1H3;1H. The van der Waals surface area contributed by atoms with E-state index in [-0.39, 0.29) is 18.4 Å². The molecule has 96 valence electrons. The first-order valence-corrected chi connectivity index (χ1v) is 6.86. The SMILES string of the molecule is Cc1cccc(S(=O)(=O)NC2CCNC2)c1.Cl. The van der Waals surface area contributed by atoms with E-state index in [1.807, 2.05) is 13.0 Å². The predicted octanol–water partition coefficient (Wildman–Crippen LogP) is 1.06. The van der Waals surface area contributed by atoms with Gasteiger partial charge in [-0.1, -0.05) is 12.1 Å². The first-order valence-electron chi connectivity index (χ1n) is 5.38. The molecule has 1 unspecified atom stereocenters. The van der Waals surface area contributed by atoms with Crippen LogP contribution in [0.15, 0.2) is 29.2 Å². The molecule has 1 saturated heterocycles. The van der Waals surface area contributed by atoms with Gasteiger partial charge in [0.2, 0.25) is 10.0 Å². The number of hydrogen-bond donors (Lipinski definition) is 2. The van der Waals surface area contributed by atoms with Crippen LogP contribution in [0.25, 0.3) is 0 Å². The minimum Gasteiger partial charge on any atom is -0.315 e. The van der Waals surface area contributed by atoms with Crippen molar-refractivity contribution in [3.8, 4) is 0 Å². The van der Waals surface area contributed by atoms with E-state index in [4.69, 9.17) is 0 Å². The van der Waals surface area contributed by atoms with Crippen LogP contribution < -0.4 is 10.0 Å². The molecule has 2 N–H and O–H groups in total. The van der Waals surface area contributed by atoms with Crippen LogP contribution in [0.3, 0.4) is 0 Å². The van der Waals surface area contributed by atoms with Crippen molar-refractivity contribution in [2.75, 3.05) is 13.1 Å². The number of sulfonamides is 1. The Labute approximate surface area is 108 Å². The summed E-state index contributed by atoms with van der Waals surface area (Å²) in [6.07, 6.45) is 0.852. The Balaban J connectivity index is 0.00000144. The van der Waals surface area contributed by atoms with E-state index in [2.05, 4.69) is 10.0 Å². The molecule has 4 nitrogen and oxygen atoms in total. The highest BCUT2D eigenvalue weighted by molar-refractivity contribution is 7.89. The summed E-state index contributed by atoms with van der Waals surface area (Å²) in [4.78, 5) is 0.347. The fourth-order valence-electron chi connectivity index (χ4n) is 1.83. The summed E-state index contributed by atoms with van der Waals surface area (Å²) in [5.41, 5.74) is 0.951. The van der Waals surface area contributed by atoms with Gasteiger partial charge >= 0.3 is 0 Å². The number of hydrogen-bond acceptors (Lipinski definition) is 3. The first-order chi connectivity index (χ1) is 7.58. The zero-order chi connectivity index (χ0) is 11.6. The third kappa shape index (κ3) is 3.67. The van der Waals surface area contributed by atoms with Gasteiger partial charge in [0, 0.05) is 12.6 Å². The third-order valence-corrected chi connectivity index (χ3v) is 4.20. The second kappa shape index (κ2) is 5.82. The van der Waals surface area contributed by atoms with E-state index in [9.17, 15) is 8.42 Å². The molecule has 1 aliphatic rings. The van der Waals surface area contributed by atoms with Crippen LogP contribution in [-0.2, 0) is 10.0 Å². The Kier molecular flexibility index (Phi) is 4.94. The Morgan fingerprint density at radius 2 is 2.18 bits per heavy atom. The predicted molar refractivity (Wildman–Crippen MR) is 70.0 cm³/mol. The van der Waals surface area contributed by atoms with Gasteiger partial charge in [-0.3, -0.25) is 0 Å². The van der Waals surface area contributed by atoms with Gasteiger partial charge in [-0.15, -0.1) is 12.4 Å². The van der Waals surface area contributed by atoms with Crippen LogP contribution in [0.5, 0.6) is 0 Å². The zero-order valence-electron chi connectivity index (χ0n) is 9.64. The van der Waals surface area contributed by atoms with Crippen molar-refractivity contribution < 1.29 is 8.42 Å². The minimum atomic E-state index is -3.36. The lowest BCUT2D eigenvalue weighted by Gasteiger charge is -2.12. The number of rotatable bonds is 3. The van der Waals surface area contributed by atoms with Gasteiger partial charge in [-0.25, -0.2) is 13.1 Å². The van der Waals surface area contributed by atoms with E-state index in [0.29, 0.717) is 11.4 Å². The van der Waals surface area contributed by atoms with Crippen molar-refractivity contribution in [3.05, 3.63) is 29.8 Å². The number of benzene rings is 1. The molecular weight excluding hydrogens is 260 g/mol. The molecule has 0 aromatic heterocycles. The van der Waals surface area contributed by atoms with Crippen molar-refractivity contribution in [1.82, 2.24) is 10.0 Å². The number of nitrogens with one attached hydrogen (secondary N) is 2. The lowest BCUT2D eigenvalue weighted by molar-refractivity contribution is 0.560. The smallest absolute Gasteiger partial charge is 0.240 e. The summed E-state index contributed by atoms with van der Waals surface area (Å²) >= 11 is 0.